The topological polar surface area (TPSA) is 76.0 Å². The molecule has 3 aromatic rings. The predicted molar refractivity (Wildman–Crippen MR) is 150 cm³/mol. The molecule has 1 aromatic carbocycles. The van der Waals surface area contributed by atoms with E-state index < -0.39 is 6.04 Å². The van der Waals surface area contributed by atoms with Crippen LogP contribution in [0.25, 0.3) is 11.0 Å². The highest BCUT2D eigenvalue weighted by molar-refractivity contribution is 7.09. The number of aromatic nitrogens is 2. The number of rotatable bonds is 13. The van der Waals surface area contributed by atoms with Crippen molar-refractivity contribution >= 4 is 34.2 Å². The summed E-state index contributed by atoms with van der Waals surface area (Å²) in [5.74, 6) is 1.17. The van der Waals surface area contributed by atoms with Crippen LogP contribution in [0.5, 0.6) is 0 Å². The summed E-state index contributed by atoms with van der Waals surface area (Å²) in [7, 11) is 0. The van der Waals surface area contributed by atoms with E-state index in [4.69, 9.17) is 4.98 Å². The van der Waals surface area contributed by atoms with E-state index in [1.807, 2.05) is 32.0 Å². The van der Waals surface area contributed by atoms with Gasteiger partial charge in [-0.1, -0.05) is 47.1 Å². The average Bonchev–Trinajstić information content (AvgIpc) is 3.46. The molecule has 7 heteroatoms. The lowest BCUT2D eigenvalue weighted by Gasteiger charge is -2.22. The normalized spacial score (nSPS) is 13.3. The Balaban J connectivity index is 1.85. The zero-order valence-corrected chi connectivity index (χ0v) is 23.5. The molecule has 36 heavy (non-hydrogen) atoms. The van der Waals surface area contributed by atoms with E-state index in [-0.39, 0.29) is 17.9 Å². The third-order valence-electron chi connectivity index (χ3n) is 6.66. The Bertz CT molecular complexity index is 1130. The van der Waals surface area contributed by atoms with Crippen LogP contribution in [-0.2, 0) is 11.2 Å². The summed E-state index contributed by atoms with van der Waals surface area (Å²) in [6.07, 6.45) is 5.12. The molecule has 2 aromatic heterocycles. The molecule has 0 aliphatic rings. The minimum atomic E-state index is -0.552. The van der Waals surface area contributed by atoms with Gasteiger partial charge in [0, 0.05) is 28.9 Å². The maximum absolute atomic E-state index is 13.2. The van der Waals surface area contributed by atoms with Crippen LogP contribution in [0.2, 0.25) is 0 Å². The Hall–Kier alpha value is -2.67. The third kappa shape index (κ3) is 6.96. The Labute approximate surface area is 219 Å². The first-order valence-corrected chi connectivity index (χ1v) is 14.3. The summed E-state index contributed by atoms with van der Waals surface area (Å²) in [4.78, 5) is 32.4. The highest BCUT2D eigenvalue weighted by atomic mass is 32.1. The molecule has 0 aliphatic heterocycles. The van der Waals surface area contributed by atoms with Gasteiger partial charge in [-0.2, -0.15) is 0 Å². The van der Waals surface area contributed by atoms with Crippen molar-refractivity contribution in [3.8, 4) is 0 Å². The van der Waals surface area contributed by atoms with Crippen LogP contribution in [0.15, 0.2) is 35.7 Å². The number of benzene rings is 1. The van der Waals surface area contributed by atoms with Crippen LogP contribution in [0, 0.1) is 5.92 Å². The maximum Gasteiger partial charge on any atom is 0.252 e. The summed E-state index contributed by atoms with van der Waals surface area (Å²) in [5.41, 5.74) is 2.41. The summed E-state index contributed by atoms with van der Waals surface area (Å²) in [6.45, 7) is 12.7. The van der Waals surface area contributed by atoms with Gasteiger partial charge in [0.15, 0.2) is 0 Å². The zero-order chi connectivity index (χ0) is 26.2. The summed E-state index contributed by atoms with van der Waals surface area (Å²) >= 11 is 1.74. The molecule has 196 valence electrons. The number of thiophene rings is 1. The summed E-state index contributed by atoms with van der Waals surface area (Å²) in [6, 6.07) is 9.81. The Morgan fingerprint density at radius 2 is 1.81 bits per heavy atom. The first-order valence-electron chi connectivity index (χ1n) is 13.4. The Morgan fingerprint density at radius 1 is 1.06 bits per heavy atom. The Kier molecular flexibility index (Phi) is 10.1. The molecule has 0 aliphatic carbocycles. The molecule has 6 nitrogen and oxygen atoms in total. The lowest BCUT2D eigenvalue weighted by Crippen LogP contribution is -2.49. The fourth-order valence-corrected chi connectivity index (χ4v) is 5.65. The van der Waals surface area contributed by atoms with Crippen molar-refractivity contribution in [2.75, 3.05) is 0 Å². The van der Waals surface area contributed by atoms with Gasteiger partial charge in [-0.15, -0.1) is 11.3 Å². The van der Waals surface area contributed by atoms with Crippen LogP contribution in [-0.4, -0.2) is 33.4 Å². The average molecular weight is 511 g/mol. The molecule has 0 saturated heterocycles. The summed E-state index contributed by atoms with van der Waals surface area (Å²) < 4.78 is 2.35. The quantitative estimate of drug-likeness (QED) is 0.276. The van der Waals surface area contributed by atoms with Gasteiger partial charge >= 0.3 is 0 Å². The van der Waals surface area contributed by atoms with Gasteiger partial charge in [-0.25, -0.2) is 4.98 Å². The molecule has 2 N–H and O–H groups in total. The van der Waals surface area contributed by atoms with E-state index in [0.29, 0.717) is 23.9 Å². The van der Waals surface area contributed by atoms with Gasteiger partial charge in [-0.05, 0) is 68.2 Å². The second-order valence-corrected chi connectivity index (χ2v) is 11.2. The SMILES string of the molecule is CCCC(NC(=O)c1ccc2c(c1)nc(Cc1cccs1)n2C(CC)CC)C(=O)NC(C)CC(C)C. The number of imidazole rings is 1. The fraction of sp³-hybridized carbons (Fsp3) is 0.552. The lowest BCUT2D eigenvalue weighted by atomic mass is 10.0. The molecule has 2 amide bonds. The van der Waals surface area contributed by atoms with Crippen molar-refractivity contribution < 1.29 is 9.59 Å². The van der Waals surface area contributed by atoms with Crippen molar-refractivity contribution in [1.82, 2.24) is 20.2 Å². The van der Waals surface area contributed by atoms with Gasteiger partial charge in [0.05, 0.1) is 11.0 Å². The van der Waals surface area contributed by atoms with Crippen molar-refractivity contribution in [3.63, 3.8) is 0 Å². The predicted octanol–water partition coefficient (Wildman–Crippen LogP) is 6.50. The first kappa shape index (κ1) is 27.9. The number of fused-ring (bicyclic) bond motifs is 1. The van der Waals surface area contributed by atoms with Gasteiger partial charge in [-0.3, -0.25) is 9.59 Å². The van der Waals surface area contributed by atoms with Crippen LogP contribution in [0.4, 0.5) is 0 Å². The van der Waals surface area contributed by atoms with E-state index in [2.05, 4.69) is 60.4 Å². The highest BCUT2D eigenvalue weighted by Crippen LogP contribution is 2.28. The molecule has 0 saturated carbocycles. The monoisotopic (exact) mass is 510 g/mol. The number of nitrogens with one attached hydrogen (secondary N) is 2. The number of carbonyl (C=O) groups excluding carboxylic acids is 2. The van der Waals surface area contributed by atoms with Crippen LogP contribution >= 0.6 is 11.3 Å². The van der Waals surface area contributed by atoms with Crippen molar-refractivity contribution in [2.24, 2.45) is 5.92 Å². The number of hydrogen-bond donors (Lipinski definition) is 2. The molecule has 0 spiro atoms. The zero-order valence-electron chi connectivity index (χ0n) is 22.6. The largest absolute Gasteiger partial charge is 0.352 e. The molecule has 3 rings (SSSR count). The number of nitrogens with zero attached hydrogens (tertiary/aromatic N) is 2. The number of amides is 2. The van der Waals surface area contributed by atoms with E-state index in [0.717, 1.165) is 49.0 Å². The third-order valence-corrected chi connectivity index (χ3v) is 7.53. The van der Waals surface area contributed by atoms with Gasteiger partial charge in [0.25, 0.3) is 5.91 Å². The van der Waals surface area contributed by atoms with Gasteiger partial charge in [0.1, 0.15) is 11.9 Å². The minimum Gasteiger partial charge on any atom is -0.352 e. The van der Waals surface area contributed by atoms with Gasteiger partial charge in [0.2, 0.25) is 5.91 Å². The van der Waals surface area contributed by atoms with Crippen molar-refractivity contribution in [3.05, 3.63) is 52.0 Å². The van der Waals surface area contributed by atoms with Crippen LogP contribution in [0.3, 0.4) is 0 Å². The molecule has 2 atom stereocenters. The smallest absolute Gasteiger partial charge is 0.252 e. The first-order chi connectivity index (χ1) is 17.3. The number of hydrogen-bond acceptors (Lipinski definition) is 4. The summed E-state index contributed by atoms with van der Waals surface area (Å²) in [5, 5.41) is 8.14. The second kappa shape index (κ2) is 13.0. The lowest BCUT2D eigenvalue weighted by molar-refractivity contribution is -0.123. The minimum absolute atomic E-state index is 0.0703. The van der Waals surface area contributed by atoms with E-state index in [9.17, 15) is 9.59 Å². The second-order valence-electron chi connectivity index (χ2n) is 10.2. The van der Waals surface area contributed by atoms with Crippen LogP contribution in [0.1, 0.15) is 101 Å². The van der Waals surface area contributed by atoms with Crippen molar-refractivity contribution in [2.45, 2.75) is 98.2 Å². The molecule has 2 unspecified atom stereocenters. The van der Waals surface area contributed by atoms with Crippen molar-refractivity contribution in [1.29, 1.82) is 0 Å². The molecular formula is C29H42N4O2S. The fourth-order valence-electron chi connectivity index (χ4n) is 4.95. The van der Waals surface area contributed by atoms with Gasteiger partial charge < -0.3 is 15.2 Å². The molecule has 2 heterocycles. The molecule has 0 bridgehead atoms. The van der Waals surface area contributed by atoms with E-state index >= 15 is 0 Å². The van der Waals surface area contributed by atoms with E-state index in [1.165, 1.54) is 4.88 Å². The van der Waals surface area contributed by atoms with E-state index in [1.54, 1.807) is 11.3 Å². The number of carbonyl (C=O) groups is 2. The molecule has 0 radical (unpaired) electrons. The van der Waals surface area contributed by atoms with Crippen LogP contribution < -0.4 is 10.6 Å². The highest BCUT2D eigenvalue weighted by Gasteiger charge is 2.23. The molecular weight excluding hydrogens is 468 g/mol. The maximum atomic E-state index is 13.2. The Morgan fingerprint density at radius 3 is 2.42 bits per heavy atom. The standard InChI is InChI=1S/C29H42N4O2S/c1-7-11-24(29(35)30-20(6)16-19(4)5)32-28(34)21-13-14-26-25(17-21)31-27(18-23-12-10-15-36-23)33(26)22(8-2)9-3/h10,12-15,17,19-20,22,24H,7-9,11,16,18H2,1-6H3,(H,30,35)(H,32,34). The molecule has 0 fully saturated rings.